The fourth-order valence-corrected chi connectivity index (χ4v) is 1.27. The van der Waals surface area contributed by atoms with Crippen molar-refractivity contribution in [1.29, 1.82) is 0 Å². The Labute approximate surface area is 106 Å². The lowest BCUT2D eigenvalue weighted by Crippen LogP contribution is -2.11. The van der Waals surface area contributed by atoms with Gasteiger partial charge in [-0.3, -0.25) is 0 Å². The number of ether oxygens (including phenoxy) is 1. The summed E-state index contributed by atoms with van der Waals surface area (Å²) in [5.74, 6) is 0.789. The minimum absolute atomic E-state index is 0.303. The summed E-state index contributed by atoms with van der Waals surface area (Å²) in [6, 6.07) is 7.89. The lowest BCUT2D eigenvalue weighted by molar-refractivity contribution is 0.359. The molecule has 4 heteroatoms. The number of hydrogen-bond acceptors (Lipinski definition) is 2. The minimum atomic E-state index is 0.303. The molecule has 16 heavy (non-hydrogen) atoms. The van der Waals surface area contributed by atoms with Crippen LogP contribution in [0.15, 0.2) is 34.8 Å². The van der Waals surface area contributed by atoms with Gasteiger partial charge in [0.05, 0.1) is 5.03 Å². The summed E-state index contributed by atoms with van der Waals surface area (Å²) in [5.41, 5.74) is 2.54. The summed E-state index contributed by atoms with van der Waals surface area (Å²) in [6.45, 7) is 4.23. The molecule has 0 aliphatic rings. The third-order valence-electron chi connectivity index (χ3n) is 2.00. The van der Waals surface area contributed by atoms with Gasteiger partial charge in [-0.15, -0.1) is 0 Å². The summed E-state index contributed by atoms with van der Waals surface area (Å²) >= 11 is 11.1. The van der Waals surface area contributed by atoms with Gasteiger partial charge in [0.1, 0.15) is 12.4 Å². The monoisotopic (exact) mass is 259 g/mol. The fraction of sp³-hybridized carbons (Fsp3) is 0.333. The lowest BCUT2D eigenvalue weighted by Gasteiger charge is -2.06. The lowest BCUT2D eigenvalue weighted by atomic mass is 10.2. The summed E-state index contributed by atoms with van der Waals surface area (Å²) < 4.78 is 5.41. The van der Waals surface area contributed by atoms with E-state index in [1.807, 2.05) is 24.3 Å². The van der Waals surface area contributed by atoms with E-state index in [2.05, 4.69) is 12.2 Å². The van der Waals surface area contributed by atoms with E-state index in [4.69, 9.17) is 27.9 Å². The molecule has 0 heterocycles. The average molecular weight is 260 g/mol. The zero-order valence-electron chi connectivity index (χ0n) is 9.17. The second-order valence-corrected chi connectivity index (χ2v) is 3.97. The van der Waals surface area contributed by atoms with Crippen LogP contribution in [0, 0.1) is 0 Å². The van der Waals surface area contributed by atoms with E-state index in [0.717, 1.165) is 18.8 Å². The molecule has 2 nitrogen and oxygen atoms in total. The van der Waals surface area contributed by atoms with Gasteiger partial charge in [-0.25, -0.2) is 0 Å². The van der Waals surface area contributed by atoms with Gasteiger partial charge < -0.3 is 10.1 Å². The molecule has 1 N–H and O–H groups in total. The predicted molar refractivity (Wildman–Crippen MR) is 69.1 cm³/mol. The maximum Gasteiger partial charge on any atom is 0.125 e. The van der Waals surface area contributed by atoms with Gasteiger partial charge in [-0.05, 0) is 24.2 Å². The third kappa shape index (κ3) is 4.88. The molecule has 1 aromatic carbocycles. The Morgan fingerprint density at radius 2 is 2.06 bits per heavy atom. The fourth-order valence-electron chi connectivity index (χ4n) is 1.16. The van der Waals surface area contributed by atoms with Crippen LogP contribution in [0.1, 0.15) is 12.5 Å². The predicted octanol–water partition coefficient (Wildman–Crippen LogP) is 3.49. The van der Waals surface area contributed by atoms with Crippen molar-refractivity contribution in [2.24, 2.45) is 0 Å². The molecule has 0 unspecified atom stereocenters. The zero-order valence-corrected chi connectivity index (χ0v) is 10.7. The Kier molecular flexibility index (Phi) is 6.31. The van der Waals surface area contributed by atoms with E-state index in [1.165, 1.54) is 11.1 Å². The van der Waals surface area contributed by atoms with E-state index in [0.29, 0.717) is 11.6 Å². The maximum absolute atomic E-state index is 5.71. The number of hydrogen-bond donors (Lipinski definition) is 1. The van der Waals surface area contributed by atoms with Crippen LogP contribution < -0.4 is 10.1 Å². The molecule has 0 aromatic heterocycles. The Hall–Kier alpha value is -0.700. The molecular weight excluding hydrogens is 245 g/mol. The van der Waals surface area contributed by atoms with Crippen molar-refractivity contribution in [3.05, 3.63) is 40.4 Å². The number of benzene rings is 1. The van der Waals surface area contributed by atoms with E-state index < -0.39 is 0 Å². The van der Waals surface area contributed by atoms with Crippen molar-refractivity contribution in [2.75, 3.05) is 13.2 Å². The van der Waals surface area contributed by atoms with Crippen LogP contribution in [-0.2, 0) is 6.54 Å². The molecule has 0 aliphatic heterocycles. The zero-order chi connectivity index (χ0) is 11.8. The maximum atomic E-state index is 5.71. The topological polar surface area (TPSA) is 21.3 Å². The SMILES string of the molecule is CCNCc1ccc(OCC(Cl)=CCl)cc1. The van der Waals surface area contributed by atoms with Crippen LogP contribution in [0.3, 0.4) is 0 Å². The van der Waals surface area contributed by atoms with Gasteiger partial charge in [-0.1, -0.05) is 42.3 Å². The molecule has 0 atom stereocenters. The molecule has 88 valence electrons. The first-order valence-electron chi connectivity index (χ1n) is 5.13. The molecule has 0 fully saturated rings. The minimum Gasteiger partial charge on any atom is -0.488 e. The second kappa shape index (κ2) is 7.55. The van der Waals surface area contributed by atoms with Crippen LogP contribution in [0.25, 0.3) is 0 Å². The highest BCUT2D eigenvalue weighted by Gasteiger charge is 1.97. The van der Waals surface area contributed by atoms with Gasteiger partial charge >= 0.3 is 0 Å². The van der Waals surface area contributed by atoms with Crippen molar-refractivity contribution in [1.82, 2.24) is 5.32 Å². The molecule has 0 radical (unpaired) electrons. The van der Waals surface area contributed by atoms with Crippen LogP contribution >= 0.6 is 23.2 Å². The van der Waals surface area contributed by atoms with Gasteiger partial charge in [-0.2, -0.15) is 0 Å². The Morgan fingerprint density at radius 3 is 2.62 bits per heavy atom. The largest absolute Gasteiger partial charge is 0.488 e. The average Bonchev–Trinajstić information content (AvgIpc) is 2.34. The molecule has 0 spiro atoms. The molecule has 0 saturated heterocycles. The molecule has 1 aromatic rings. The number of nitrogens with one attached hydrogen (secondary N) is 1. The molecule has 0 saturated carbocycles. The molecule has 1 rings (SSSR count). The summed E-state index contributed by atoms with van der Waals surface area (Å²) in [6.07, 6.45) is 0. The molecule has 0 bridgehead atoms. The highest BCUT2D eigenvalue weighted by atomic mass is 35.5. The van der Waals surface area contributed by atoms with Crippen molar-refractivity contribution < 1.29 is 4.74 Å². The third-order valence-corrected chi connectivity index (χ3v) is 2.59. The Morgan fingerprint density at radius 1 is 1.38 bits per heavy atom. The van der Waals surface area contributed by atoms with Crippen LogP contribution in [0.2, 0.25) is 0 Å². The van der Waals surface area contributed by atoms with Crippen LogP contribution in [0.5, 0.6) is 5.75 Å². The standard InChI is InChI=1S/C12H15Cl2NO/c1-2-15-8-10-3-5-12(6-4-10)16-9-11(14)7-13/h3-7,15H,2,8-9H2,1H3. The van der Waals surface area contributed by atoms with Gasteiger partial charge in [0.25, 0.3) is 0 Å². The Balaban J connectivity index is 2.45. The smallest absolute Gasteiger partial charge is 0.125 e. The molecule has 0 amide bonds. The van der Waals surface area contributed by atoms with Gasteiger partial charge in [0.2, 0.25) is 0 Å². The van der Waals surface area contributed by atoms with Crippen molar-refractivity contribution in [3.8, 4) is 5.75 Å². The van der Waals surface area contributed by atoms with E-state index in [1.54, 1.807) is 0 Å². The summed E-state index contributed by atoms with van der Waals surface area (Å²) in [5, 5.41) is 3.74. The van der Waals surface area contributed by atoms with Crippen LogP contribution in [-0.4, -0.2) is 13.2 Å². The number of halogens is 2. The van der Waals surface area contributed by atoms with Gasteiger partial charge in [0.15, 0.2) is 0 Å². The Bertz CT molecular complexity index is 335. The quantitative estimate of drug-likeness (QED) is 0.845. The highest BCUT2D eigenvalue weighted by Crippen LogP contribution is 2.14. The van der Waals surface area contributed by atoms with Crippen LogP contribution in [0.4, 0.5) is 0 Å². The van der Waals surface area contributed by atoms with Crippen molar-refractivity contribution >= 4 is 23.2 Å². The van der Waals surface area contributed by atoms with Crippen molar-refractivity contribution in [3.63, 3.8) is 0 Å². The normalized spacial score (nSPS) is 11.6. The molecular formula is C12H15Cl2NO. The van der Waals surface area contributed by atoms with E-state index in [9.17, 15) is 0 Å². The summed E-state index contributed by atoms with van der Waals surface area (Å²) in [4.78, 5) is 0. The molecule has 0 aliphatic carbocycles. The summed E-state index contributed by atoms with van der Waals surface area (Å²) in [7, 11) is 0. The van der Waals surface area contributed by atoms with Crippen molar-refractivity contribution in [2.45, 2.75) is 13.5 Å². The van der Waals surface area contributed by atoms with E-state index >= 15 is 0 Å². The first kappa shape index (κ1) is 13.4. The first-order chi connectivity index (χ1) is 7.76. The van der Waals surface area contributed by atoms with Gasteiger partial charge in [0, 0.05) is 12.1 Å². The second-order valence-electron chi connectivity index (χ2n) is 3.27. The first-order valence-corrected chi connectivity index (χ1v) is 5.95. The highest BCUT2D eigenvalue weighted by molar-refractivity contribution is 6.36. The van der Waals surface area contributed by atoms with E-state index in [-0.39, 0.29) is 0 Å². The number of rotatable bonds is 6.